The number of methoxy groups -OCH3 is 1. The van der Waals surface area contributed by atoms with Crippen molar-refractivity contribution in [1.82, 2.24) is 19.3 Å². The Bertz CT molecular complexity index is 1290. The molecule has 0 N–H and O–H groups in total. The number of rotatable bonds is 7. The molecule has 1 aliphatic rings. The van der Waals surface area contributed by atoms with Gasteiger partial charge in [0.25, 0.3) is 5.91 Å². The number of amides is 1. The molecular weight excluding hydrogens is 440 g/mol. The molecular formula is C28H30N4O3. The fourth-order valence-electron chi connectivity index (χ4n) is 4.79. The van der Waals surface area contributed by atoms with Gasteiger partial charge in [-0.15, -0.1) is 0 Å². The van der Waals surface area contributed by atoms with Crippen LogP contribution in [0.1, 0.15) is 40.9 Å². The summed E-state index contributed by atoms with van der Waals surface area (Å²) >= 11 is 0. The number of benzene rings is 1. The van der Waals surface area contributed by atoms with Gasteiger partial charge < -0.3 is 18.8 Å². The van der Waals surface area contributed by atoms with Gasteiger partial charge in [0.05, 0.1) is 12.8 Å². The first kappa shape index (κ1) is 22.9. The van der Waals surface area contributed by atoms with E-state index in [0.717, 1.165) is 50.1 Å². The fraction of sp³-hybridized carbons (Fsp3) is 0.321. The number of hydrogen-bond donors (Lipinski definition) is 0. The molecule has 4 aromatic rings. The van der Waals surface area contributed by atoms with Gasteiger partial charge in [-0.25, -0.2) is 4.98 Å². The maximum absolute atomic E-state index is 13.3. The lowest BCUT2D eigenvalue weighted by molar-refractivity contribution is 0.0759. The van der Waals surface area contributed by atoms with E-state index in [4.69, 9.17) is 9.47 Å². The van der Waals surface area contributed by atoms with Crippen molar-refractivity contribution in [2.45, 2.75) is 32.3 Å². The van der Waals surface area contributed by atoms with Crippen molar-refractivity contribution in [2.24, 2.45) is 5.92 Å². The summed E-state index contributed by atoms with van der Waals surface area (Å²) in [6.45, 7) is 1.86. The molecule has 7 heteroatoms. The number of likely N-dealkylation sites (tertiary alicyclic amines) is 1. The SMILES string of the molecule is COc1cc(C(=O)N2CCC[C@H](Cc3cccn4ccnc34)CC2)ccc1OCc1ccccn1. The molecule has 0 bridgehead atoms. The van der Waals surface area contributed by atoms with Gasteiger partial charge in [-0.05, 0) is 73.6 Å². The van der Waals surface area contributed by atoms with Gasteiger partial charge in [-0.3, -0.25) is 9.78 Å². The van der Waals surface area contributed by atoms with Crippen LogP contribution in [0.15, 0.2) is 73.3 Å². The standard InChI is InChI=1S/C28H30N4O3/c1-34-26-19-23(9-10-25(26)35-20-24-8-2-3-12-29-24)28(33)32-15-4-6-21(11-16-32)18-22-7-5-14-31-17-13-30-27(22)31/h2-3,5,7-10,12-14,17,19,21H,4,6,11,15-16,18,20H2,1H3/t21-/m0/s1. The van der Waals surface area contributed by atoms with Gasteiger partial charge in [-0.1, -0.05) is 12.1 Å². The molecule has 1 saturated heterocycles. The van der Waals surface area contributed by atoms with E-state index in [1.54, 1.807) is 25.4 Å². The van der Waals surface area contributed by atoms with Crippen molar-refractivity contribution in [3.05, 3.63) is 90.1 Å². The summed E-state index contributed by atoms with van der Waals surface area (Å²) in [6.07, 6.45) is 11.7. The lowest BCUT2D eigenvalue weighted by atomic mass is 9.93. The Morgan fingerprint density at radius 3 is 2.80 bits per heavy atom. The van der Waals surface area contributed by atoms with E-state index in [2.05, 4.69) is 26.5 Å². The lowest BCUT2D eigenvalue weighted by Gasteiger charge is -2.21. The van der Waals surface area contributed by atoms with Gasteiger partial charge >= 0.3 is 0 Å². The third-order valence-corrected chi connectivity index (χ3v) is 6.66. The molecule has 0 saturated carbocycles. The minimum Gasteiger partial charge on any atom is -0.493 e. The highest BCUT2D eigenvalue weighted by Gasteiger charge is 2.23. The van der Waals surface area contributed by atoms with Gasteiger partial charge in [0, 0.05) is 43.4 Å². The minimum absolute atomic E-state index is 0.0376. The molecule has 0 unspecified atom stereocenters. The zero-order valence-corrected chi connectivity index (χ0v) is 20.0. The predicted octanol–water partition coefficient (Wildman–Crippen LogP) is 4.80. The Morgan fingerprint density at radius 1 is 1.00 bits per heavy atom. The number of carbonyl (C=O) groups is 1. The molecule has 180 valence electrons. The van der Waals surface area contributed by atoms with Crippen LogP contribution in [0.5, 0.6) is 11.5 Å². The number of ether oxygens (including phenoxy) is 2. The average Bonchev–Trinajstić information content (AvgIpc) is 3.27. The highest BCUT2D eigenvalue weighted by molar-refractivity contribution is 5.95. The topological polar surface area (TPSA) is 69.0 Å². The van der Waals surface area contributed by atoms with E-state index >= 15 is 0 Å². The quantitative estimate of drug-likeness (QED) is 0.388. The Balaban J connectivity index is 1.22. The summed E-state index contributed by atoms with van der Waals surface area (Å²) in [5, 5.41) is 0. The normalized spacial score (nSPS) is 16.1. The van der Waals surface area contributed by atoms with Crippen LogP contribution in [0.25, 0.3) is 5.65 Å². The molecule has 0 aliphatic carbocycles. The van der Waals surface area contributed by atoms with Gasteiger partial charge in [0.1, 0.15) is 12.3 Å². The molecule has 4 heterocycles. The Labute approximate surface area is 205 Å². The van der Waals surface area contributed by atoms with Crippen LogP contribution in [0.4, 0.5) is 0 Å². The monoisotopic (exact) mass is 470 g/mol. The zero-order chi connectivity index (χ0) is 24.0. The first-order valence-electron chi connectivity index (χ1n) is 12.1. The lowest BCUT2D eigenvalue weighted by Crippen LogP contribution is -2.32. The van der Waals surface area contributed by atoms with Crippen LogP contribution in [0, 0.1) is 5.92 Å². The predicted molar refractivity (Wildman–Crippen MR) is 134 cm³/mol. The first-order chi connectivity index (χ1) is 17.2. The zero-order valence-electron chi connectivity index (χ0n) is 20.0. The maximum atomic E-state index is 13.3. The molecule has 1 aromatic carbocycles. The van der Waals surface area contributed by atoms with Crippen LogP contribution >= 0.6 is 0 Å². The van der Waals surface area contributed by atoms with E-state index in [9.17, 15) is 4.79 Å². The molecule has 3 aromatic heterocycles. The summed E-state index contributed by atoms with van der Waals surface area (Å²) in [5.41, 5.74) is 3.75. The summed E-state index contributed by atoms with van der Waals surface area (Å²) in [4.78, 5) is 24.1. The number of imidazole rings is 1. The molecule has 1 fully saturated rings. The highest BCUT2D eigenvalue weighted by Crippen LogP contribution is 2.30. The van der Waals surface area contributed by atoms with Crippen molar-refractivity contribution in [3.8, 4) is 11.5 Å². The summed E-state index contributed by atoms with van der Waals surface area (Å²) in [6, 6.07) is 15.3. The largest absolute Gasteiger partial charge is 0.493 e. The van der Waals surface area contributed by atoms with Gasteiger partial charge in [0.15, 0.2) is 11.5 Å². The van der Waals surface area contributed by atoms with E-state index < -0.39 is 0 Å². The first-order valence-corrected chi connectivity index (χ1v) is 12.1. The molecule has 1 aliphatic heterocycles. The van der Waals surface area contributed by atoms with Crippen molar-refractivity contribution in [3.63, 3.8) is 0 Å². The number of nitrogens with zero attached hydrogens (tertiary/aromatic N) is 4. The second-order valence-corrected chi connectivity index (χ2v) is 8.96. The van der Waals surface area contributed by atoms with E-state index in [1.165, 1.54) is 5.56 Å². The second-order valence-electron chi connectivity index (χ2n) is 8.96. The van der Waals surface area contributed by atoms with Gasteiger partial charge in [0.2, 0.25) is 0 Å². The number of fused-ring (bicyclic) bond motifs is 1. The summed E-state index contributed by atoms with van der Waals surface area (Å²) in [7, 11) is 1.59. The molecule has 0 radical (unpaired) electrons. The molecule has 5 rings (SSSR count). The second kappa shape index (κ2) is 10.6. The maximum Gasteiger partial charge on any atom is 0.253 e. The number of hydrogen-bond acceptors (Lipinski definition) is 5. The average molecular weight is 471 g/mol. The Morgan fingerprint density at radius 2 is 1.94 bits per heavy atom. The van der Waals surface area contributed by atoms with Crippen LogP contribution in [-0.4, -0.2) is 45.4 Å². The van der Waals surface area contributed by atoms with Crippen molar-refractivity contribution >= 4 is 11.6 Å². The van der Waals surface area contributed by atoms with Crippen LogP contribution < -0.4 is 9.47 Å². The van der Waals surface area contributed by atoms with Crippen molar-refractivity contribution < 1.29 is 14.3 Å². The molecule has 7 nitrogen and oxygen atoms in total. The Hall–Kier alpha value is -3.87. The number of pyridine rings is 2. The summed E-state index contributed by atoms with van der Waals surface area (Å²) in [5.74, 6) is 1.72. The van der Waals surface area contributed by atoms with Crippen LogP contribution in [0.2, 0.25) is 0 Å². The molecule has 1 amide bonds. The molecule has 35 heavy (non-hydrogen) atoms. The number of carbonyl (C=O) groups excluding carboxylic acids is 1. The van der Waals surface area contributed by atoms with Crippen molar-refractivity contribution in [1.29, 1.82) is 0 Å². The van der Waals surface area contributed by atoms with Crippen LogP contribution in [0.3, 0.4) is 0 Å². The Kier molecular flexibility index (Phi) is 6.93. The molecule has 0 spiro atoms. The number of aromatic nitrogens is 3. The molecule has 1 atom stereocenters. The third-order valence-electron chi connectivity index (χ3n) is 6.66. The van der Waals surface area contributed by atoms with Gasteiger partial charge in [-0.2, -0.15) is 0 Å². The third kappa shape index (κ3) is 5.29. The van der Waals surface area contributed by atoms with Crippen molar-refractivity contribution in [2.75, 3.05) is 20.2 Å². The van der Waals surface area contributed by atoms with Crippen LogP contribution in [-0.2, 0) is 13.0 Å². The summed E-state index contributed by atoms with van der Waals surface area (Å²) < 4.78 is 13.5. The fourth-order valence-corrected chi connectivity index (χ4v) is 4.79. The van der Waals surface area contributed by atoms with E-state index in [1.807, 2.05) is 47.8 Å². The van der Waals surface area contributed by atoms with E-state index in [0.29, 0.717) is 29.6 Å². The highest BCUT2D eigenvalue weighted by atomic mass is 16.5. The smallest absolute Gasteiger partial charge is 0.253 e. The van der Waals surface area contributed by atoms with E-state index in [-0.39, 0.29) is 5.91 Å². The minimum atomic E-state index is 0.0376.